The van der Waals surface area contributed by atoms with Crippen molar-refractivity contribution in [3.8, 4) is 5.75 Å². The highest BCUT2D eigenvalue weighted by molar-refractivity contribution is 9.10. The Balaban J connectivity index is 2.22. The van der Waals surface area contributed by atoms with E-state index in [2.05, 4.69) is 36.5 Å². The molecule has 0 radical (unpaired) electrons. The molecule has 1 aromatic carbocycles. The van der Waals surface area contributed by atoms with E-state index in [4.69, 9.17) is 10.2 Å². The van der Waals surface area contributed by atoms with Gasteiger partial charge in [-0.15, -0.1) is 0 Å². The van der Waals surface area contributed by atoms with Crippen molar-refractivity contribution in [3.05, 3.63) is 34.4 Å². The number of carbonyl (C=O) groups excluding carboxylic acids is 1. The first-order chi connectivity index (χ1) is 14.3. The van der Waals surface area contributed by atoms with Gasteiger partial charge < -0.3 is 31.1 Å². The first kappa shape index (κ1) is 24.4. The van der Waals surface area contributed by atoms with Gasteiger partial charge in [-0.25, -0.2) is 4.98 Å². The average molecular weight is 501 g/mol. The monoisotopic (exact) mass is 500 g/mol. The number of halogens is 1. The van der Waals surface area contributed by atoms with Gasteiger partial charge in [-0.2, -0.15) is 4.98 Å². The lowest BCUT2D eigenvalue weighted by Gasteiger charge is -2.21. The van der Waals surface area contributed by atoms with E-state index in [0.29, 0.717) is 16.0 Å². The van der Waals surface area contributed by atoms with E-state index in [-0.39, 0.29) is 49.0 Å². The quantitative estimate of drug-likeness (QED) is 0.268. The summed E-state index contributed by atoms with van der Waals surface area (Å²) >= 11 is 4.13. The molecule has 30 heavy (non-hydrogen) atoms. The Morgan fingerprint density at radius 1 is 1.20 bits per heavy atom. The number of phenolic OH excluding ortho intramolecular Hbond substituents is 1. The number of anilines is 3. The zero-order valence-corrected chi connectivity index (χ0v) is 18.9. The highest BCUT2D eigenvalue weighted by Gasteiger charge is 2.19. The number of hydrogen-bond donors (Lipinski definition) is 6. The Bertz CT molecular complexity index is 867. The van der Waals surface area contributed by atoms with Gasteiger partial charge in [0.25, 0.3) is 0 Å². The number of hydrogen-bond acceptors (Lipinski definition) is 10. The molecule has 0 spiro atoms. The van der Waals surface area contributed by atoms with Crippen molar-refractivity contribution in [2.45, 2.75) is 25.1 Å². The minimum Gasteiger partial charge on any atom is -0.507 e. The van der Waals surface area contributed by atoms with Gasteiger partial charge in [0.1, 0.15) is 11.6 Å². The molecule has 2 aromatic rings. The van der Waals surface area contributed by atoms with Crippen LogP contribution >= 0.6 is 27.7 Å². The molecule has 0 bridgehead atoms. The van der Waals surface area contributed by atoms with Crippen molar-refractivity contribution >= 4 is 50.3 Å². The fourth-order valence-electron chi connectivity index (χ4n) is 2.38. The summed E-state index contributed by atoms with van der Waals surface area (Å²) in [5.74, 6) is 0.716. The molecule has 0 fully saturated rings. The molecule has 2 rings (SSSR count). The normalized spacial score (nSPS) is 12.3. The number of rotatable bonds is 10. The summed E-state index contributed by atoms with van der Waals surface area (Å²) in [7, 11) is 0. The number of aromatic nitrogens is 2. The predicted octanol–water partition coefficient (Wildman–Crippen LogP) is 2.34. The molecule has 164 valence electrons. The molecule has 9 nitrogen and oxygen atoms in total. The topological polar surface area (TPSA) is 148 Å². The molecule has 1 heterocycles. The zero-order valence-electron chi connectivity index (χ0n) is 16.5. The minimum absolute atomic E-state index is 0.0347. The molecular formula is C19H25BrN4O5S. The number of aromatic hydroxyl groups is 1. The van der Waals surface area contributed by atoms with Crippen LogP contribution in [0.3, 0.4) is 0 Å². The van der Waals surface area contributed by atoms with Gasteiger partial charge in [-0.3, -0.25) is 4.79 Å². The second kappa shape index (κ2) is 11.5. The Morgan fingerprint density at radius 2 is 1.90 bits per heavy atom. The maximum atomic E-state index is 12.4. The molecule has 0 saturated heterocycles. The van der Waals surface area contributed by atoms with Gasteiger partial charge in [-0.1, -0.05) is 25.6 Å². The SMILES string of the molecule is CC(C)[C@H](CO)Nc1nc(Nc2ccc(O)c(C(=O)SC(CO)CO)c2)ncc1Br. The molecule has 11 heteroatoms. The van der Waals surface area contributed by atoms with E-state index in [1.54, 1.807) is 12.3 Å². The van der Waals surface area contributed by atoms with Crippen molar-refractivity contribution in [2.24, 2.45) is 5.92 Å². The molecule has 0 aliphatic carbocycles. The van der Waals surface area contributed by atoms with Crippen molar-refractivity contribution in [1.82, 2.24) is 9.97 Å². The van der Waals surface area contributed by atoms with Gasteiger partial charge in [-0.05, 0) is 40.0 Å². The van der Waals surface area contributed by atoms with E-state index in [1.165, 1.54) is 12.1 Å². The van der Waals surface area contributed by atoms with Crippen LogP contribution in [0.15, 0.2) is 28.9 Å². The van der Waals surface area contributed by atoms with Gasteiger partial charge in [0.15, 0.2) is 0 Å². The second-order valence-electron chi connectivity index (χ2n) is 6.82. The summed E-state index contributed by atoms with van der Waals surface area (Å²) in [6, 6.07) is 4.18. The lowest BCUT2D eigenvalue weighted by Crippen LogP contribution is -2.30. The summed E-state index contributed by atoms with van der Waals surface area (Å²) in [6.07, 6.45) is 1.56. The van der Waals surface area contributed by atoms with Crippen LogP contribution in [0.5, 0.6) is 5.75 Å². The molecule has 6 N–H and O–H groups in total. The summed E-state index contributed by atoms with van der Waals surface area (Å²) in [6.45, 7) is 3.18. The smallest absolute Gasteiger partial charge is 0.229 e. The van der Waals surface area contributed by atoms with Crippen LogP contribution in [0.4, 0.5) is 17.5 Å². The van der Waals surface area contributed by atoms with Crippen molar-refractivity contribution in [1.29, 1.82) is 0 Å². The minimum atomic E-state index is -0.669. The summed E-state index contributed by atoms with van der Waals surface area (Å²) in [4.78, 5) is 21.0. The standard InChI is InChI=1S/C19H25BrN4O5S/c1-10(2)15(9-27)23-17-14(20)6-21-19(24-17)22-11-3-4-16(28)13(5-11)18(29)30-12(7-25)8-26/h3-6,10,12,15,25-28H,7-9H2,1-2H3,(H2,21,22,23,24)/t15-/m0/s1. The van der Waals surface area contributed by atoms with Crippen LogP contribution in [0.25, 0.3) is 0 Å². The third-order valence-corrected chi connectivity index (χ3v) is 5.87. The lowest BCUT2D eigenvalue weighted by atomic mass is 10.1. The van der Waals surface area contributed by atoms with E-state index < -0.39 is 10.4 Å². The third kappa shape index (κ3) is 6.54. The van der Waals surface area contributed by atoms with Crippen molar-refractivity contribution in [3.63, 3.8) is 0 Å². The van der Waals surface area contributed by atoms with Crippen LogP contribution in [0.2, 0.25) is 0 Å². The maximum absolute atomic E-state index is 12.4. The van der Waals surface area contributed by atoms with Gasteiger partial charge >= 0.3 is 0 Å². The van der Waals surface area contributed by atoms with Crippen LogP contribution in [0.1, 0.15) is 24.2 Å². The number of phenols is 1. The molecule has 1 atom stereocenters. The molecule has 0 unspecified atom stereocenters. The second-order valence-corrected chi connectivity index (χ2v) is 8.94. The van der Waals surface area contributed by atoms with Gasteiger partial charge in [0.05, 0.1) is 41.1 Å². The average Bonchev–Trinajstić information content (AvgIpc) is 2.73. The fourth-order valence-corrected chi connectivity index (χ4v) is 3.43. The zero-order chi connectivity index (χ0) is 22.3. The van der Waals surface area contributed by atoms with Crippen molar-refractivity contribution in [2.75, 3.05) is 30.5 Å². The lowest BCUT2D eigenvalue weighted by molar-refractivity contribution is 0.108. The Labute approximate surface area is 187 Å². The van der Waals surface area contributed by atoms with Crippen molar-refractivity contribution < 1.29 is 25.2 Å². The molecule has 0 amide bonds. The Kier molecular flexibility index (Phi) is 9.31. The summed E-state index contributed by atoms with van der Waals surface area (Å²) < 4.78 is 0.629. The maximum Gasteiger partial charge on any atom is 0.229 e. The number of carbonyl (C=O) groups is 1. The van der Waals surface area contributed by atoms with E-state index >= 15 is 0 Å². The molecule has 0 saturated carbocycles. The summed E-state index contributed by atoms with van der Waals surface area (Å²) in [5, 5.41) is 42.9. The van der Waals surface area contributed by atoms with E-state index in [0.717, 1.165) is 11.8 Å². The van der Waals surface area contributed by atoms with E-state index in [1.807, 2.05) is 13.8 Å². The summed E-state index contributed by atoms with van der Waals surface area (Å²) in [5.41, 5.74) is 0.504. The third-order valence-electron chi connectivity index (χ3n) is 4.22. The highest BCUT2D eigenvalue weighted by Crippen LogP contribution is 2.29. The first-order valence-electron chi connectivity index (χ1n) is 9.21. The Morgan fingerprint density at radius 3 is 2.50 bits per heavy atom. The fraction of sp³-hybridized carbons (Fsp3) is 0.421. The molecule has 0 aliphatic rings. The number of thioether (sulfide) groups is 1. The van der Waals surface area contributed by atoms with Crippen LogP contribution in [0, 0.1) is 5.92 Å². The first-order valence-corrected chi connectivity index (χ1v) is 10.9. The number of nitrogens with zero attached hydrogens (tertiary/aromatic N) is 2. The molecular weight excluding hydrogens is 476 g/mol. The van der Waals surface area contributed by atoms with E-state index in [9.17, 15) is 15.0 Å². The number of aliphatic hydroxyl groups is 3. The Hall–Kier alpha value is -1.92. The number of aliphatic hydroxyl groups excluding tert-OH is 3. The van der Waals surface area contributed by atoms with Crippen LogP contribution < -0.4 is 10.6 Å². The molecule has 1 aromatic heterocycles. The highest BCUT2D eigenvalue weighted by atomic mass is 79.9. The molecule has 0 aliphatic heterocycles. The number of nitrogens with one attached hydrogen (secondary N) is 2. The van der Waals surface area contributed by atoms with Crippen LogP contribution in [-0.2, 0) is 0 Å². The van der Waals surface area contributed by atoms with Crippen LogP contribution in [-0.4, -0.2) is 66.6 Å². The van der Waals surface area contributed by atoms with Gasteiger partial charge in [0, 0.05) is 11.9 Å². The van der Waals surface area contributed by atoms with Gasteiger partial charge in [0.2, 0.25) is 11.1 Å². The largest absolute Gasteiger partial charge is 0.507 e. The number of benzene rings is 1. The predicted molar refractivity (Wildman–Crippen MR) is 120 cm³/mol.